The van der Waals surface area contributed by atoms with Crippen LogP contribution in [0.5, 0.6) is 5.75 Å². The van der Waals surface area contributed by atoms with Gasteiger partial charge < -0.3 is 14.7 Å². The van der Waals surface area contributed by atoms with E-state index in [4.69, 9.17) is 4.74 Å². The van der Waals surface area contributed by atoms with E-state index >= 15 is 0 Å². The van der Waals surface area contributed by atoms with Gasteiger partial charge in [0, 0.05) is 24.3 Å². The standard InChI is InChI=1S/C14H21NO4S/c1-11(16)14-12(5-3-6-13(14)19-2)15-7-4-9-20(17,18)10-8-15/h3,5-6,11,16H,4,7-10H2,1-2H3/t11-/m0/s1. The molecule has 1 saturated heterocycles. The molecular formula is C14H21NO4S. The second-order valence-electron chi connectivity index (χ2n) is 5.06. The molecule has 20 heavy (non-hydrogen) atoms. The summed E-state index contributed by atoms with van der Waals surface area (Å²) in [6, 6.07) is 5.57. The van der Waals surface area contributed by atoms with Crippen molar-refractivity contribution in [2.24, 2.45) is 0 Å². The Kier molecular flexibility index (Phi) is 4.55. The minimum atomic E-state index is -2.94. The van der Waals surface area contributed by atoms with Crippen LogP contribution in [0.4, 0.5) is 5.69 Å². The van der Waals surface area contributed by atoms with E-state index in [1.165, 1.54) is 0 Å². The fraction of sp³-hybridized carbons (Fsp3) is 0.571. The van der Waals surface area contributed by atoms with Crippen LogP contribution in [0.2, 0.25) is 0 Å². The predicted octanol–water partition coefficient (Wildman–Crippen LogP) is 1.37. The van der Waals surface area contributed by atoms with Crippen molar-refractivity contribution < 1.29 is 18.3 Å². The number of benzene rings is 1. The Morgan fingerprint density at radius 2 is 2.05 bits per heavy atom. The van der Waals surface area contributed by atoms with E-state index in [1.807, 2.05) is 17.0 Å². The van der Waals surface area contributed by atoms with Crippen molar-refractivity contribution in [1.82, 2.24) is 0 Å². The van der Waals surface area contributed by atoms with Gasteiger partial charge >= 0.3 is 0 Å². The maximum atomic E-state index is 11.7. The van der Waals surface area contributed by atoms with Crippen LogP contribution in [-0.2, 0) is 9.84 Å². The number of ether oxygens (including phenoxy) is 1. The van der Waals surface area contributed by atoms with Crippen LogP contribution in [0.15, 0.2) is 18.2 Å². The third-order valence-electron chi connectivity index (χ3n) is 3.58. The number of aliphatic hydroxyl groups excluding tert-OH is 1. The van der Waals surface area contributed by atoms with E-state index in [1.54, 1.807) is 20.1 Å². The zero-order chi connectivity index (χ0) is 14.8. The molecule has 0 aliphatic carbocycles. The Hall–Kier alpha value is -1.27. The highest BCUT2D eigenvalue weighted by Gasteiger charge is 2.23. The van der Waals surface area contributed by atoms with Crippen molar-refractivity contribution in [1.29, 1.82) is 0 Å². The second-order valence-corrected chi connectivity index (χ2v) is 7.37. The van der Waals surface area contributed by atoms with Gasteiger partial charge in [0.15, 0.2) is 9.84 Å². The van der Waals surface area contributed by atoms with Gasteiger partial charge in [-0.15, -0.1) is 0 Å². The Labute approximate surface area is 120 Å². The molecule has 1 aromatic carbocycles. The first-order valence-corrected chi connectivity index (χ1v) is 8.57. The van der Waals surface area contributed by atoms with Gasteiger partial charge in [0.05, 0.1) is 24.7 Å². The zero-order valence-electron chi connectivity index (χ0n) is 11.9. The number of methoxy groups -OCH3 is 1. The largest absolute Gasteiger partial charge is 0.496 e. The first-order valence-electron chi connectivity index (χ1n) is 6.75. The summed E-state index contributed by atoms with van der Waals surface area (Å²) in [5.41, 5.74) is 1.57. The van der Waals surface area contributed by atoms with Gasteiger partial charge in [-0.1, -0.05) is 6.07 Å². The summed E-state index contributed by atoms with van der Waals surface area (Å²) in [6.07, 6.45) is -0.0558. The molecule has 112 valence electrons. The molecule has 1 aromatic rings. The summed E-state index contributed by atoms with van der Waals surface area (Å²) >= 11 is 0. The minimum Gasteiger partial charge on any atom is -0.496 e. The minimum absolute atomic E-state index is 0.156. The molecule has 1 aliphatic rings. The van der Waals surface area contributed by atoms with Gasteiger partial charge in [-0.2, -0.15) is 0 Å². The lowest BCUT2D eigenvalue weighted by Crippen LogP contribution is -2.28. The molecule has 1 fully saturated rings. The number of rotatable bonds is 3. The number of hydrogen-bond donors (Lipinski definition) is 1. The first-order chi connectivity index (χ1) is 9.44. The summed E-state index contributed by atoms with van der Waals surface area (Å²) in [7, 11) is -1.38. The predicted molar refractivity (Wildman–Crippen MR) is 79.1 cm³/mol. The van der Waals surface area contributed by atoms with E-state index in [-0.39, 0.29) is 11.5 Å². The summed E-state index contributed by atoms with van der Waals surface area (Å²) in [5.74, 6) is 1.02. The normalized spacial score (nSPS) is 20.2. The van der Waals surface area contributed by atoms with Crippen molar-refractivity contribution in [2.45, 2.75) is 19.4 Å². The van der Waals surface area contributed by atoms with Crippen LogP contribution >= 0.6 is 0 Å². The van der Waals surface area contributed by atoms with Crippen molar-refractivity contribution in [3.63, 3.8) is 0 Å². The van der Waals surface area contributed by atoms with E-state index < -0.39 is 15.9 Å². The van der Waals surface area contributed by atoms with Gasteiger partial charge in [0.1, 0.15) is 5.75 Å². The van der Waals surface area contributed by atoms with Gasteiger partial charge in [0.2, 0.25) is 0 Å². The molecule has 2 rings (SSSR count). The third-order valence-corrected chi connectivity index (χ3v) is 5.29. The Balaban J connectivity index is 2.37. The zero-order valence-corrected chi connectivity index (χ0v) is 12.7. The van der Waals surface area contributed by atoms with Crippen LogP contribution in [0, 0.1) is 0 Å². The molecule has 1 heterocycles. The molecule has 0 bridgehead atoms. The van der Waals surface area contributed by atoms with Crippen molar-refractivity contribution >= 4 is 15.5 Å². The average molecular weight is 299 g/mol. The van der Waals surface area contributed by atoms with Gasteiger partial charge in [-0.05, 0) is 25.5 Å². The molecular weight excluding hydrogens is 278 g/mol. The van der Waals surface area contributed by atoms with Gasteiger partial charge in [-0.3, -0.25) is 0 Å². The fourth-order valence-electron chi connectivity index (χ4n) is 2.59. The lowest BCUT2D eigenvalue weighted by atomic mass is 10.1. The second kappa shape index (κ2) is 6.01. The number of hydrogen-bond acceptors (Lipinski definition) is 5. The first kappa shape index (κ1) is 15.1. The highest BCUT2D eigenvalue weighted by Crippen LogP contribution is 2.35. The third kappa shape index (κ3) is 3.24. The molecule has 0 spiro atoms. The van der Waals surface area contributed by atoms with Crippen LogP contribution in [0.3, 0.4) is 0 Å². The van der Waals surface area contributed by atoms with E-state index in [2.05, 4.69) is 0 Å². The summed E-state index contributed by atoms with van der Waals surface area (Å²) in [4.78, 5) is 2.02. The Bertz CT molecular complexity index is 569. The van der Waals surface area contributed by atoms with E-state index in [0.29, 0.717) is 30.8 Å². The average Bonchev–Trinajstić information content (AvgIpc) is 2.58. The van der Waals surface area contributed by atoms with Gasteiger partial charge in [-0.25, -0.2) is 8.42 Å². The monoisotopic (exact) mass is 299 g/mol. The number of anilines is 1. The number of sulfone groups is 1. The quantitative estimate of drug-likeness (QED) is 0.913. The number of nitrogens with zero attached hydrogens (tertiary/aromatic N) is 1. The van der Waals surface area contributed by atoms with E-state index in [9.17, 15) is 13.5 Å². The van der Waals surface area contributed by atoms with Crippen LogP contribution in [0.1, 0.15) is 25.0 Å². The summed E-state index contributed by atoms with van der Waals surface area (Å²) in [6.45, 7) is 2.82. The molecule has 1 aliphatic heterocycles. The van der Waals surface area contributed by atoms with Crippen LogP contribution in [0.25, 0.3) is 0 Å². The topological polar surface area (TPSA) is 66.8 Å². The molecule has 0 aromatic heterocycles. The Morgan fingerprint density at radius 1 is 1.30 bits per heavy atom. The molecule has 6 heteroatoms. The fourth-order valence-corrected chi connectivity index (χ4v) is 3.86. The molecule has 0 unspecified atom stereocenters. The molecule has 0 saturated carbocycles. The molecule has 0 amide bonds. The summed E-state index contributed by atoms with van der Waals surface area (Å²) in [5, 5.41) is 10.00. The maximum absolute atomic E-state index is 11.7. The molecule has 5 nitrogen and oxygen atoms in total. The van der Waals surface area contributed by atoms with Crippen LogP contribution < -0.4 is 9.64 Å². The van der Waals surface area contributed by atoms with Crippen molar-refractivity contribution in [3.8, 4) is 5.75 Å². The lowest BCUT2D eigenvalue weighted by molar-refractivity contribution is 0.194. The van der Waals surface area contributed by atoms with Crippen molar-refractivity contribution in [2.75, 3.05) is 36.6 Å². The SMILES string of the molecule is COc1cccc(N2CCCS(=O)(=O)CC2)c1[C@H](C)O. The maximum Gasteiger partial charge on any atom is 0.152 e. The highest BCUT2D eigenvalue weighted by molar-refractivity contribution is 7.91. The van der Waals surface area contributed by atoms with E-state index in [0.717, 1.165) is 5.69 Å². The Morgan fingerprint density at radius 3 is 2.70 bits per heavy atom. The molecule has 0 radical (unpaired) electrons. The van der Waals surface area contributed by atoms with Crippen LogP contribution in [-0.4, -0.2) is 45.2 Å². The summed E-state index contributed by atoms with van der Waals surface area (Å²) < 4.78 is 28.7. The smallest absolute Gasteiger partial charge is 0.152 e. The van der Waals surface area contributed by atoms with Crippen molar-refractivity contribution in [3.05, 3.63) is 23.8 Å². The molecule has 1 N–H and O–H groups in total. The molecule has 1 atom stereocenters. The lowest BCUT2D eigenvalue weighted by Gasteiger charge is -2.27. The highest BCUT2D eigenvalue weighted by atomic mass is 32.2. The number of aliphatic hydroxyl groups is 1. The van der Waals surface area contributed by atoms with Gasteiger partial charge in [0.25, 0.3) is 0 Å².